The molecule has 0 aliphatic carbocycles. The highest BCUT2D eigenvalue weighted by Gasteiger charge is 2.12. The van der Waals surface area contributed by atoms with E-state index < -0.39 is 0 Å². The van der Waals surface area contributed by atoms with Crippen LogP contribution in [0.4, 0.5) is 0 Å². The van der Waals surface area contributed by atoms with Crippen molar-refractivity contribution in [2.45, 2.75) is 19.4 Å². The predicted molar refractivity (Wildman–Crippen MR) is 73.5 cm³/mol. The Balaban J connectivity index is 1.96. The van der Waals surface area contributed by atoms with Crippen molar-refractivity contribution in [2.24, 2.45) is 0 Å². The molecule has 0 fully saturated rings. The molecule has 0 aliphatic rings. The molecule has 2 rings (SSSR count). The molecule has 1 atom stereocenters. The number of carbonyl (C=O) groups excluding carboxylic acids is 1. The molecule has 0 aliphatic heterocycles. The maximum Gasteiger partial charge on any atom is 0.270 e. The summed E-state index contributed by atoms with van der Waals surface area (Å²) in [7, 11) is 1.55. The molecule has 2 aromatic rings. The molecule has 0 spiro atoms. The Bertz CT molecular complexity index is 574. The second-order valence-corrected chi connectivity index (χ2v) is 4.36. The van der Waals surface area contributed by atoms with Crippen LogP contribution >= 0.6 is 0 Å². The number of rotatable bonds is 5. The fraction of sp³-hybridized carbons (Fsp3) is 0.286. The number of hydrogen-bond acceptors (Lipinski definition) is 5. The summed E-state index contributed by atoms with van der Waals surface area (Å²) in [6.07, 6.45) is 7.09. The number of hydrogen-bond donors (Lipinski definition) is 1. The van der Waals surface area contributed by atoms with E-state index in [9.17, 15) is 4.79 Å². The van der Waals surface area contributed by atoms with Crippen molar-refractivity contribution in [1.82, 2.24) is 20.3 Å². The number of nitrogens with one attached hydrogen (secondary N) is 1. The first-order valence-electron chi connectivity index (χ1n) is 6.25. The normalized spacial score (nSPS) is 11.7. The van der Waals surface area contributed by atoms with Crippen LogP contribution in [0, 0.1) is 0 Å². The largest absolute Gasteiger partial charge is 0.497 e. The van der Waals surface area contributed by atoms with E-state index >= 15 is 0 Å². The highest BCUT2D eigenvalue weighted by Crippen LogP contribution is 2.10. The van der Waals surface area contributed by atoms with Gasteiger partial charge >= 0.3 is 0 Å². The predicted octanol–water partition coefficient (Wildman–Crippen LogP) is 1.24. The Kier molecular flexibility index (Phi) is 4.60. The van der Waals surface area contributed by atoms with Crippen molar-refractivity contribution in [3.05, 3.63) is 48.3 Å². The molecule has 1 N–H and O–H groups in total. The SMILES string of the molecule is COc1ccnc(C(=O)N[C@@H](C)Cc2cnccn2)c1. The number of carbonyl (C=O) groups is 1. The van der Waals surface area contributed by atoms with Gasteiger partial charge in [-0.2, -0.15) is 0 Å². The lowest BCUT2D eigenvalue weighted by Gasteiger charge is -2.13. The lowest BCUT2D eigenvalue weighted by Crippen LogP contribution is -2.34. The highest BCUT2D eigenvalue weighted by atomic mass is 16.5. The van der Waals surface area contributed by atoms with Crippen LogP contribution in [0.2, 0.25) is 0 Å². The van der Waals surface area contributed by atoms with Gasteiger partial charge in [-0.3, -0.25) is 19.7 Å². The quantitative estimate of drug-likeness (QED) is 0.886. The summed E-state index contributed by atoms with van der Waals surface area (Å²) in [6, 6.07) is 3.23. The average molecular weight is 272 g/mol. The third-order valence-electron chi connectivity index (χ3n) is 2.71. The minimum absolute atomic E-state index is 0.0628. The van der Waals surface area contributed by atoms with E-state index in [1.54, 1.807) is 44.0 Å². The van der Waals surface area contributed by atoms with Gasteiger partial charge in [0.2, 0.25) is 0 Å². The number of pyridine rings is 1. The molecule has 6 heteroatoms. The van der Waals surface area contributed by atoms with E-state index in [2.05, 4.69) is 20.3 Å². The van der Waals surface area contributed by atoms with E-state index in [-0.39, 0.29) is 11.9 Å². The number of ether oxygens (including phenoxy) is 1. The van der Waals surface area contributed by atoms with Crippen molar-refractivity contribution >= 4 is 5.91 Å². The van der Waals surface area contributed by atoms with E-state index in [1.165, 1.54) is 0 Å². The summed E-state index contributed by atoms with van der Waals surface area (Å²) < 4.78 is 5.07. The standard InChI is InChI=1S/C14H16N4O2/c1-10(7-11-9-15-5-6-16-11)18-14(19)13-8-12(20-2)3-4-17-13/h3-6,8-10H,7H2,1-2H3,(H,18,19)/t10-/m0/s1. The van der Waals surface area contributed by atoms with Crippen LogP contribution in [0.5, 0.6) is 5.75 Å². The van der Waals surface area contributed by atoms with Crippen molar-refractivity contribution in [3.63, 3.8) is 0 Å². The van der Waals surface area contributed by atoms with Crippen molar-refractivity contribution in [3.8, 4) is 5.75 Å². The highest BCUT2D eigenvalue weighted by molar-refractivity contribution is 5.92. The molecule has 0 aromatic carbocycles. The minimum Gasteiger partial charge on any atom is -0.497 e. The molecule has 0 radical (unpaired) electrons. The lowest BCUT2D eigenvalue weighted by atomic mass is 10.2. The van der Waals surface area contributed by atoms with Crippen LogP contribution in [-0.4, -0.2) is 34.0 Å². The molecule has 0 bridgehead atoms. The molecule has 0 saturated carbocycles. The van der Waals surface area contributed by atoms with E-state index in [1.807, 2.05) is 6.92 Å². The molecule has 2 aromatic heterocycles. The number of methoxy groups -OCH3 is 1. The molecule has 0 saturated heterocycles. The van der Waals surface area contributed by atoms with Gasteiger partial charge in [0.05, 0.1) is 12.8 Å². The maximum absolute atomic E-state index is 12.0. The fourth-order valence-corrected chi connectivity index (χ4v) is 1.76. The van der Waals surface area contributed by atoms with E-state index in [0.29, 0.717) is 17.9 Å². The number of amides is 1. The summed E-state index contributed by atoms with van der Waals surface area (Å²) in [5, 5.41) is 2.87. The second-order valence-electron chi connectivity index (χ2n) is 4.36. The Labute approximate surface area is 117 Å². The second kappa shape index (κ2) is 6.60. The van der Waals surface area contributed by atoms with Gasteiger partial charge < -0.3 is 10.1 Å². The Morgan fingerprint density at radius 1 is 1.35 bits per heavy atom. The molecule has 104 valence electrons. The summed E-state index contributed by atoms with van der Waals surface area (Å²) in [6.45, 7) is 1.91. The van der Waals surface area contributed by atoms with Gasteiger partial charge in [-0.1, -0.05) is 0 Å². The Morgan fingerprint density at radius 3 is 2.90 bits per heavy atom. The van der Waals surface area contributed by atoms with Gasteiger partial charge in [0.15, 0.2) is 0 Å². The van der Waals surface area contributed by atoms with Gasteiger partial charge in [-0.15, -0.1) is 0 Å². The zero-order valence-electron chi connectivity index (χ0n) is 11.4. The molecule has 0 unspecified atom stereocenters. The van der Waals surface area contributed by atoms with Gasteiger partial charge in [0, 0.05) is 43.3 Å². The van der Waals surface area contributed by atoms with Crippen LogP contribution in [0.1, 0.15) is 23.1 Å². The third kappa shape index (κ3) is 3.74. The first-order valence-corrected chi connectivity index (χ1v) is 6.25. The Morgan fingerprint density at radius 2 is 2.20 bits per heavy atom. The summed E-state index contributed by atoms with van der Waals surface area (Å²) in [5.74, 6) is 0.368. The van der Waals surface area contributed by atoms with E-state index in [0.717, 1.165) is 5.69 Å². The van der Waals surface area contributed by atoms with Crippen LogP contribution in [0.25, 0.3) is 0 Å². The Hall–Kier alpha value is -2.50. The first kappa shape index (κ1) is 13.9. The molecule has 2 heterocycles. The van der Waals surface area contributed by atoms with Crippen molar-refractivity contribution < 1.29 is 9.53 Å². The third-order valence-corrected chi connectivity index (χ3v) is 2.71. The van der Waals surface area contributed by atoms with Crippen molar-refractivity contribution in [2.75, 3.05) is 7.11 Å². The van der Waals surface area contributed by atoms with Crippen molar-refractivity contribution in [1.29, 1.82) is 0 Å². The summed E-state index contributed by atoms with van der Waals surface area (Å²) in [5.41, 5.74) is 1.16. The number of nitrogens with zero attached hydrogens (tertiary/aromatic N) is 3. The minimum atomic E-state index is -0.236. The van der Waals surface area contributed by atoms with Crippen LogP contribution in [-0.2, 0) is 6.42 Å². The van der Waals surface area contributed by atoms with Gasteiger partial charge in [-0.05, 0) is 13.0 Å². The zero-order chi connectivity index (χ0) is 14.4. The molecule has 20 heavy (non-hydrogen) atoms. The zero-order valence-corrected chi connectivity index (χ0v) is 11.4. The smallest absolute Gasteiger partial charge is 0.270 e. The van der Waals surface area contributed by atoms with Gasteiger partial charge in [0.25, 0.3) is 5.91 Å². The van der Waals surface area contributed by atoms with Gasteiger partial charge in [-0.25, -0.2) is 0 Å². The van der Waals surface area contributed by atoms with Crippen LogP contribution in [0.3, 0.4) is 0 Å². The fourth-order valence-electron chi connectivity index (χ4n) is 1.76. The monoisotopic (exact) mass is 272 g/mol. The van der Waals surface area contributed by atoms with E-state index in [4.69, 9.17) is 4.74 Å². The van der Waals surface area contributed by atoms with Gasteiger partial charge in [0.1, 0.15) is 11.4 Å². The topological polar surface area (TPSA) is 77.0 Å². The lowest BCUT2D eigenvalue weighted by molar-refractivity contribution is 0.0934. The molecule has 6 nitrogen and oxygen atoms in total. The molecular formula is C14H16N4O2. The molecular weight excluding hydrogens is 256 g/mol. The average Bonchev–Trinajstić information content (AvgIpc) is 2.48. The first-order chi connectivity index (χ1) is 9.69. The van der Waals surface area contributed by atoms with Crippen LogP contribution < -0.4 is 10.1 Å². The number of aromatic nitrogens is 3. The summed E-state index contributed by atoms with van der Waals surface area (Å²) in [4.78, 5) is 24.2. The molecule has 1 amide bonds. The maximum atomic E-state index is 12.0. The van der Waals surface area contributed by atoms with Crippen LogP contribution in [0.15, 0.2) is 36.9 Å². The summed E-state index contributed by atoms with van der Waals surface area (Å²) >= 11 is 0.